The number of imide groups is 1. The van der Waals surface area contributed by atoms with Crippen LogP contribution in [0.3, 0.4) is 0 Å². The van der Waals surface area contributed by atoms with Gasteiger partial charge in [-0.3, -0.25) is 19.3 Å². The van der Waals surface area contributed by atoms with Gasteiger partial charge >= 0.3 is 5.97 Å². The van der Waals surface area contributed by atoms with E-state index in [9.17, 15) is 14.4 Å². The predicted octanol–water partition coefficient (Wildman–Crippen LogP) is 1.91. The van der Waals surface area contributed by atoms with Crippen LogP contribution in [0.5, 0.6) is 0 Å². The number of aliphatic carboxylic acids is 1. The number of likely N-dealkylation sites (tertiary alicyclic amines) is 1. The van der Waals surface area contributed by atoms with Gasteiger partial charge in [0.2, 0.25) is 11.8 Å². The molecule has 0 spiro atoms. The fourth-order valence-electron chi connectivity index (χ4n) is 2.44. The molecule has 1 rings (SSSR count). The average Bonchev–Trinajstić information content (AvgIpc) is 2.55. The summed E-state index contributed by atoms with van der Waals surface area (Å²) in [7, 11) is 0. The number of carbonyl (C=O) groups excluding carboxylic acids is 2. The van der Waals surface area contributed by atoms with Gasteiger partial charge in [-0.15, -0.1) is 0 Å². The predicted molar refractivity (Wildman–Crippen MR) is 70.3 cm³/mol. The molecule has 0 aromatic rings. The van der Waals surface area contributed by atoms with E-state index in [1.54, 1.807) is 13.8 Å². The van der Waals surface area contributed by atoms with Crippen molar-refractivity contribution in [1.82, 2.24) is 4.90 Å². The lowest BCUT2D eigenvalue weighted by Gasteiger charge is -2.19. The summed E-state index contributed by atoms with van der Waals surface area (Å²) in [6.45, 7) is 6.00. The van der Waals surface area contributed by atoms with Gasteiger partial charge in [-0.05, 0) is 18.8 Å². The Morgan fingerprint density at radius 3 is 2.16 bits per heavy atom. The first-order chi connectivity index (χ1) is 8.88. The van der Waals surface area contributed by atoms with Gasteiger partial charge in [0.05, 0.1) is 0 Å². The highest BCUT2D eigenvalue weighted by atomic mass is 16.4. The van der Waals surface area contributed by atoms with Crippen LogP contribution < -0.4 is 0 Å². The Labute approximate surface area is 114 Å². The van der Waals surface area contributed by atoms with Gasteiger partial charge in [-0.2, -0.15) is 0 Å². The SMILES string of the molecule is CCC(CCC(=O)O)CCN1C(=O)C(C)C(C)C1=O. The Morgan fingerprint density at radius 2 is 1.74 bits per heavy atom. The van der Waals surface area contributed by atoms with Crippen LogP contribution in [0.1, 0.15) is 46.5 Å². The summed E-state index contributed by atoms with van der Waals surface area (Å²) in [4.78, 5) is 35.7. The second-order valence-corrected chi connectivity index (χ2v) is 5.40. The minimum absolute atomic E-state index is 0.0920. The van der Waals surface area contributed by atoms with Crippen molar-refractivity contribution < 1.29 is 19.5 Å². The zero-order valence-electron chi connectivity index (χ0n) is 11.9. The van der Waals surface area contributed by atoms with E-state index in [4.69, 9.17) is 5.11 Å². The number of rotatable bonds is 7. The fraction of sp³-hybridized carbons (Fsp3) is 0.786. The molecule has 0 aromatic heterocycles. The number of hydrogen-bond acceptors (Lipinski definition) is 3. The quantitative estimate of drug-likeness (QED) is 0.716. The molecule has 1 aliphatic rings. The number of nitrogens with zero attached hydrogens (tertiary/aromatic N) is 1. The molecule has 0 aliphatic carbocycles. The smallest absolute Gasteiger partial charge is 0.303 e. The molecule has 1 fully saturated rings. The molecule has 108 valence electrons. The molecule has 2 amide bonds. The molecular formula is C14H23NO4. The highest BCUT2D eigenvalue weighted by Gasteiger charge is 2.41. The van der Waals surface area contributed by atoms with Crippen LogP contribution in [-0.4, -0.2) is 34.3 Å². The van der Waals surface area contributed by atoms with Crippen molar-refractivity contribution in [2.75, 3.05) is 6.54 Å². The molecule has 3 unspecified atom stereocenters. The zero-order valence-corrected chi connectivity index (χ0v) is 11.9. The van der Waals surface area contributed by atoms with E-state index in [-0.39, 0.29) is 36.0 Å². The van der Waals surface area contributed by atoms with Crippen molar-refractivity contribution in [3.05, 3.63) is 0 Å². The molecule has 3 atom stereocenters. The molecule has 0 aromatic carbocycles. The van der Waals surface area contributed by atoms with Crippen LogP contribution >= 0.6 is 0 Å². The molecule has 0 saturated carbocycles. The van der Waals surface area contributed by atoms with Gasteiger partial charge in [-0.25, -0.2) is 0 Å². The first-order valence-electron chi connectivity index (χ1n) is 6.95. The Kier molecular flexibility index (Phi) is 5.51. The van der Waals surface area contributed by atoms with E-state index in [1.807, 2.05) is 6.92 Å². The summed E-state index contributed by atoms with van der Waals surface area (Å²) in [5.74, 6) is -1.19. The van der Waals surface area contributed by atoms with Crippen molar-refractivity contribution in [3.8, 4) is 0 Å². The van der Waals surface area contributed by atoms with Crippen LogP contribution in [0.2, 0.25) is 0 Å². The number of carboxylic acid groups (broad SMARTS) is 1. The Bertz CT molecular complexity index is 346. The topological polar surface area (TPSA) is 74.7 Å². The third-order valence-corrected chi connectivity index (χ3v) is 4.17. The van der Waals surface area contributed by atoms with Crippen molar-refractivity contribution >= 4 is 17.8 Å². The van der Waals surface area contributed by atoms with E-state index in [2.05, 4.69) is 0 Å². The van der Waals surface area contributed by atoms with E-state index in [0.717, 1.165) is 6.42 Å². The largest absolute Gasteiger partial charge is 0.481 e. The van der Waals surface area contributed by atoms with E-state index in [1.165, 1.54) is 4.90 Å². The molecule has 0 bridgehead atoms. The summed E-state index contributed by atoms with van der Waals surface area (Å²) in [6.07, 6.45) is 2.32. The number of carbonyl (C=O) groups is 3. The van der Waals surface area contributed by atoms with E-state index in [0.29, 0.717) is 19.4 Å². The van der Waals surface area contributed by atoms with E-state index < -0.39 is 5.97 Å². The Hall–Kier alpha value is -1.39. The Balaban J connectivity index is 2.48. The van der Waals surface area contributed by atoms with Gasteiger partial charge in [0.25, 0.3) is 0 Å². The van der Waals surface area contributed by atoms with Crippen LogP contribution in [0.15, 0.2) is 0 Å². The van der Waals surface area contributed by atoms with Crippen LogP contribution in [0.25, 0.3) is 0 Å². The van der Waals surface area contributed by atoms with Crippen molar-refractivity contribution in [2.45, 2.75) is 46.5 Å². The molecule has 5 nitrogen and oxygen atoms in total. The maximum absolute atomic E-state index is 11.9. The summed E-state index contributed by atoms with van der Waals surface area (Å²) in [5.41, 5.74) is 0. The van der Waals surface area contributed by atoms with Crippen molar-refractivity contribution in [2.24, 2.45) is 17.8 Å². The van der Waals surface area contributed by atoms with Crippen LogP contribution in [-0.2, 0) is 14.4 Å². The summed E-state index contributed by atoms with van der Waals surface area (Å²) < 4.78 is 0. The van der Waals surface area contributed by atoms with Gasteiger partial charge in [0, 0.05) is 24.8 Å². The first-order valence-corrected chi connectivity index (χ1v) is 6.95. The second kappa shape index (κ2) is 6.68. The van der Waals surface area contributed by atoms with E-state index >= 15 is 0 Å². The lowest BCUT2D eigenvalue weighted by atomic mass is 9.96. The third kappa shape index (κ3) is 3.78. The lowest BCUT2D eigenvalue weighted by Crippen LogP contribution is -2.32. The lowest BCUT2D eigenvalue weighted by molar-refractivity contribution is -0.141. The average molecular weight is 269 g/mol. The molecule has 19 heavy (non-hydrogen) atoms. The highest BCUT2D eigenvalue weighted by molar-refractivity contribution is 6.04. The molecule has 1 N–H and O–H groups in total. The molecular weight excluding hydrogens is 246 g/mol. The minimum Gasteiger partial charge on any atom is -0.481 e. The number of hydrogen-bond donors (Lipinski definition) is 1. The Morgan fingerprint density at radius 1 is 1.21 bits per heavy atom. The normalized spacial score (nSPS) is 24.9. The van der Waals surface area contributed by atoms with Gasteiger partial charge in [-0.1, -0.05) is 27.2 Å². The van der Waals surface area contributed by atoms with Crippen LogP contribution in [0.4, 0.5) is 0 Å². The fourth-order valence-corrected chi connectivity index (χ4v) is 2.44. The summed E-state index contributed by atoms with van der Waals surface area (Å²) in [6, 6.07) is 0. The second-order valence-electron chi connectivity index (χ2n) is 5.40. The molecule has 1 saturated heterocycles. The maximum Gasteiger partial charge on any atom is 0.303 e. The summed E-state index contributed by atoms with van der Waals surface area (Å²) >= 11 is 0. The van der Waals surface area contributed by atoms with Crippen molar-refractivity contribution in [3.63, 3.8) is 0 Å². The van der Waals surface area contributed by atoms with Crippen molar-refractivity contribution in [1.29, 1.82) is 0 Å². The molecule has 1 aliphatic heterocycles. The number of carboxylic acids is 1. The maximum atomic E-state index is 11.9. The minimum atomic E-state index is -0.797. The molecule has 5 heteroatoms. The van der Waals surface area contributed by atoms with Gasteiger partial charge in [0.15, 0.2) is 0 Å². The third-order valence-electron chi connectivity index (χ3n) is 4.17. The zero-order chi connectivity index (χ0) is 14.6. The molecule has 0 radical (unpaired) electrons. The summed E-state index contributed by atoms with van der Waals surface area (Å²) in [5, 5.41) is 8.67. The van der Waals surface area contributed by atoms with Gasteiger partial charge in [0.1, 0.15) is 0 Å². The monoisotopic (exact) mass is 269 g/mol. The van der Waals surface area contributed by atoms with Crippen LogP contribution in [0, 0.1) is 17.8 Å². The number of amides is 2. The standard InChI is InChI=1S/C14H23NO4/c1-4-11(5-6-12(16)17)7-8-15-13(18)9(2)10(3)14(15)19/h9-11H,4-8H2,1-3H3,(H,16,17). The molecule has 1 heterocycles. The first kappa shape index (κ1) is 15.7. The highest BCUT2D eigenvalue weighted by Crippen LogP contribution is 2.26. The van der Waals surface area contributed by atoms with Gasteiger partial charge < -0.3 is 5.11 Å².